The number of allylic oxidation sites excluding steroid dienone is 2. The molecule has 69 heavy (non-hydrogen) atoms. The molecule has 6 nitrogen and oxygen atoms in total. The number of esters is 1. The molecule has 0 aromatic carbocycles. The van der Waals surface area contributed by atoms with Gasteiger partial charge >= 0.3 is 5.97 Å². The zero-order valence-corrected chi connectivity index (χ0v) is 46.8. The number of hydrogen-bond donors (Lipinski definition) is 3. The lowest BCUT2D eigenvalue weighted by atomic mass is 10.0. The molecule has 0 rings (SSSR count). The molecule has 6 heteroatoms. The second-order valence-corrected chi connectivity index (χ2v) is 21.7. The van der Waals surface area contributed by atoms with Crippen LogP contribution in [0.3, 0.4) is 0 Å². The quantitative estimate of drug-likeness (QED) is 0.0321. The average Bonchev–Trinajstić information content (AvgIpc) is 3.35. The van der Waals surface area contributed by atoms with E-state index >= 15 is 0 Å². The molecule has 0 aliphatic rings. The monoisotopic (exact) mass is 974 g/mol. The number of aliphatic hydroxyl groups is 2. The molecule has 2 unspecified atom stereocenters. The van der Waals surface area contributed by atoms with Crippen molar-refractivity contribution in [2.75, 3.05) is 13.2 Å². The molecule has 2 atom stereocenters. The second-order valence-electron chi connectivity index (χ2n) is 21.7. The highest BCUT2D eigenvalue weighted by Crippen LogP contribution is 2.18. The minimum Gasteiger partial charge on any atom is -0.466 e. The maximum Gasteiger partial charge on any atom is 0.305 e. The largest absolute Gasteiger partial charge is 0.466 e. The number of nitrogens with one attached hydrogen (secondary N) is 1. The normalized spacial score (nSPS) is 12.6. The van der Waals surface area contributed by atoms with Crippen LogP contribution in [0, 0.1) is 0 Å². The fourth-order valence-corrected chi connectivity index (χ4v) is 9.99. The van der Waals surface area contributed by atoms with Crippen LogP contribution < -0.4 is 5.32 Å². The zero-order valence-electron chi connectivity index (χ0n) is 46.8. The summed E-state index contributed by atoms with van der Waals surface area (Å²) in [5.74, 6) is -0.0217. The van der Waals surface area contributed by atoms with Crippen molar-refractivity contribution in [2.24, 2.45) is 0 Å². The van der Waals surface area contributed by atoms with Crippen LogP contribution in [-0.4, -0.2) is 47.4 Å². The smallest absolute Gasteiger partial charge is 0.305 e. The van der Waals surface area contributed by atoms with Crippen LogP contribution in [0.15, 0.2) is 12.2 Å². The first-order valence-electron chi connectivity index (χ1n) is 31.4. The molecule has 0 saturated carbocycles. The van der Waals surface area contributed by atoms with E-state index in [-0.39, 0.29) is 18.5 Å². The minimum atomic E-state index is -0.662. The predicted octanol–water partition coefficient (Wildman–Crippen LogP) is 19.6. The van der Waals surface area contributed by atoms with Gasteiger partial charge in [0.2, 0.25) is 5.91 Å². The lowest BCUT2D eigenvalue weighted by Gasteiger charge is -2.22. The Morgan fingerprint density at radius 1 is 0.391 bits per heavy atom. The molecule has 0 aromatic rings. The fraction of sp³-hybridized carbons (Fsp3) is 0.937. The van der Waals surface area contributed by atoms with Gasteiger partial charge < -0.3 is 20.3 Å². The number of carbonyl (C=O) groups excluding carboxylic acids is 2. The van der Waals surface area contributed by atoms with E-state index < -0.39 is 12.1 Å². The highest BCUT2D eigenvalue weighted by Gasteiger charge is 2.20. The second kappa shape index (κ2) is 59.2. The Kier molecular flexibility index (Phi) is 58.0. The number of aliphatic hydroxyl groups excluding tert-OH is 2. The topological polar surface area (TPSA) is 95.9 Å². The number of carbonyl (C=O) groups is 2. The summed E-state index contributed by atoms with van der Waals surface area (Å²) in [5.41, 5.74) is 0. The number of ether oxygens (including phenoxy) is 1. The van der Waals surface area contributed by atoms with Crippen molar-refractivity contribution in [2.45, 2.75) is 366 Å². The summed E-state index contributed by atoms with van der Waals surface area (Å²) in [6.07, 6.45) is 70.9. The van der Waals surface area contributed by atoms with Crippen molar-refractivity contribution in [3.8, 4) is 0 Å². The number of rotatable bonds is 59. The Hall–Kier alpha value is -1.40. The van der Waals surface area contributed by atoms with E-state index in [1.165, 1.54) is 276 Å². The molecular weight excluding hydrogens is 851 g/mol. The highest BCUT2D eigenvalue weighted by molar-refractivity contribution is 5.76. The molecule has 1 amide bonds. The van der Waals surface area contributed by atoms with Gasteiger partial charge in [0.1, 0.15) is 0 Å². The van der Waals surface area contributed by atoms with E-state index in [1.54, 1.807) is 0 Å². The molecule has 0 radical (unpaired) electrons. The Bertz CT molecular complexity index is 1030. The fourth-order valence-electron chi connectivity index (χ4n) is 9.99. The molecule has 0 aromatic heterocycles. The van der Waals surface area contributed by atoms with Crippen LogP contribution in [0.4, 0.5) is 0 Å². The lowest BCUT2D eigenvalue weighted by molar-refractivity contribution is -0.143. The van der Waals surface area contributed by atoms with Gasteiger partial charge in [-0.1, -0.05) is 302 Å². The van der Waals surface area contributed by atoms with E-state index in [1.807, 2.05) is 0 Å². The van der Waals surface area contributed by atoms with E-state index in [2.05, 4.69) is 31.3 Å². The van der Waals surface area contributed by atoms with Gasteiger partial charge in [0.25, 0.3) is 0 Å². The van der Waals surface area contributed by atoms with Gasteiger partial charge in [-0.15, -0.1) is 0 Å². The van der Waals surface area contributed by atoms with Crippen molar-refractivity contribution < 1.29 is 24.5 Å². The van der Waals surface area contributed by atoms with Crippen molar-refractivity contribution in [1.82, 2.24) is 5.32 Å². The van der Waals surface area contributed by atoms with Crippen LogP contribution in [-0.2, 0) is 14.3 Å². The molecular formula is C63H123NO5. The van der Waals surface area contributed by atoms with E-state index in [0.29, 0.717) is 25.9 Å². The van der Waals surface area contributed by atoms with Gasteiger partial charge in [0.15, 0.2) is 0 Å². The van der Waals surface area contributed by atoms with Gasteiger partial charge in [0, 0.05) is 12.8 Å². The summed E-state index contributed by atoms with van der Waals surface area (Å²) in [4.78, 5) is 24.5. The first kappa shape index (κ1) is 67.6. The van der Waals surface area contributed by atoms with Crippen molar-refractivity contribution in [1.29, 1.82) is 0 Å². The van der Waals surface area contributed by atoms with Crippen LogP contribution in [0.25, 0.3) is 0 Å². The summed E-state index contributed by atoms with van der Waals surface area (Å²) < 4.78 is 5.50. The summed E-state index contributed by atoms with van der Waals surface area (Å²) in [7, 11) is 0. The minimum absolute atomic E-state index is 0.0121. The molecule has 0 bridgehead atoms. The molecule has 0 heterocycles. The maximum atomic E-state index is 12.4. The SMILES string of the molecule is CCCCCCCCC/C=C\CCCCCCCCCC(=O)OCCCCCCCCCCCCCCCCCCCCCCCCCC(=O)NC(CO)C(O)CCCCCCCCCCCCC. The molecule has 410 valence electrons. The Labute approximate surface area is 431 Å². The van der Waals surface area contributed by atoms with Crippen LogP contribution in [0.1, 0.15) is 354 Å². The summed E-state index contributed by atoms with van der Waals surface area (Å²) >= 11 is 0. The predicted molar refractivity (Wildman–Crippen MR) is 301 cm³/mol. The first-order valence-corrected chi connectivity index (χ1v) is 31.4. The van der Waals surface area contributed by atoms with Gasteiger partial charge in [0.05, 0.1) is 25.4 Å². The van der Waals surface area contributed by atoms with Crippen LogP contribution >= 0.6 is 0 Å². The standard InChI is InChI=1S/C63H123NO5/c1-3-5-7-9-11-13-15-16-17-18-27-30-33-37-41-45-49-53-57-63(68)69-58-54-50-46-42-38-34-31-28-25-23-21-19-20-22-24-26-29-32-36-40-44-48-52-56-62(67)64-60(59-65)61(66)55-51-47-43-39-35-14-12-10-8-6-4-2/h17-18,60-61,65-66H,3-16,19-59H2,1-2H3,(H,64,67)/b18-17-. The molecule has 0 aliphatic heterocycles. The summed E-state index contributed by atoms with van der Waals surface area (Å²) in [6, 6.07) is -0.539. The Morgan fingerprint density at radius 2 is 0.681 bits per heavy atom. The van der Waals surface area contributed by atoms with Gasteiger partial charge in [-0.25, -0.2) is 0 Å². The van der Waals surface area contributed by atoms with Crippen LogP contribution in [0.2, 0.25) is 0 Å². The average molecular weight is 975 g/mol. The van der Waals surface area contributed by atoms with E-state index in [9.17, 15) is 19.8 Å². The number of unbranched alkanes of at least 4 members (excludes halogenated alkanes) is 46. The van der Waals surface area contributed by atoms with Gasteiger partial charge in [-0.05, 0) is 51.4 Å². The van der Waals surface area contributed by atoms with E-state index in [4.69, 9.17) is 4.74 Å². The molecule has 0 fully saturated rings. The Morgan fingerprint density at radius 3 is 1.03 bits per heavy atom. The van der Waals surface area contributed by atoms with Gasteiger partial charge in [-0.3, -0.25) is 9.59 Å². The third-order valence-electron chi connectivity index (χ3n) is 14.8. The first-order chi connectivity index (χ1) is 34.0. The molecule has 3 N–H and O–H groups in total. The number of amides is 1. The zero-order chi connectivity index (χ0) is 50.0. The van der Waals surface area contributed by atoms with Crippen molar-refractivity contribution in [3.63, 3.8) is 0 Å². The van der Waals surface area contributed by atoms with Gasteiger partial charge in [-0.2, -0.15) is 0 Å². The summed E-state index contributed by atoms with van der Waals surface area (Å²) in [5, 5.41) is 23.2. The molecule has 0 spiro atoms. The van der Waals surface area contributed by atoms with Crippen molar-refractivity contribution >= 4 is 11.9 Å². The molecule has 0 aliphatic carbocycles. The van der Waals surface area contributed by atoms with Crippen molar-refractivity contribution in [3.05, 3.63) is 12.2 Å². The van der Waals surface area contributed by atoms with E-state index in [0.717, 1.165) is 44.9 Å². The number of hydrogen-bond acceptors (Lipinski definition) is 5. The lowest BCUT2D eigenvalue weighted by Crippen LogP contribution is -2.45. The highest BCUT2D eigenvalue weighted by atomic mass is 16.5. The van der Waals surface area contributed by atoms with Crippen LogP contribution in [0.5, 0.6) is 0 Å². The third kappa shape index (κ3) is 55.8. The molecule has 0 saturated heterocycles. The maximum absolute atomic E-state index is 12.4. The third-order valence-corrected chi connectivity index (χ3v) is 14.8. The summed E-state index contributed by atoms with van der Waals surface area (Å²) in [6.45, 7) is 4.96. The Balaban J connectivity index is 3.33.